The Hall–Kier alpha value is -2.85. The molecular formula is C22H28N6O4. The molecule has 5 rings (SSSR count). The van der Waals surface area contributed by atoms with Crippen molar-refractivity contribution in [1.29, 1.82) is 0 Å². The van der Waals surface area contributed by atoms with Crippen molar-refractivity contribution in [2.24, 2.45) is 5.92 Å². The van der Waals surface area contributed by atoms with Gasteiger partial charge in [-0.2, -0.15) is 0 Å². The van der Waals surface area contributed by atoms with Crippen LogP contribution in [0.4, 0.5) is 0 Å². The first-order valence-corrected chi connectivity index (χ1v) is 11.2. The molecule has 1 unspecified atom stereocenters. The van der Waals surface area contributed by atoms with Crippen LogP contribution in [-0.2, 0) is 34.0 Å². The molecule has 2 aromatic heterocycles. The van der Waals surface area contributed by atoms with Gasteiger partial charge in [0.1, 0.15) is 11.3 Å². The van der Waals surface area contributed by atoms with Crippen LogP contribution in [0.3, 0.4) is 0 Å². The average molecular weight is 441 g/mol. The predicted molar refractivity (Wildman–Crippen MR) is 112 cm³/mol. The fourth-order valence-corrected chi connectivity index (χ4v) is 4.80. The lowest BCUT2D eigenvalue weighted by Gasteiger charge is -2.44. The first-order valence-electron chi connectivity index (χ1n) is 11.2. The van der Waals surface area contributed by atoms with E-state index in [0.717, 1.165) is 37.1 Å². The highest BCUT2D eigenvalue weighted by Crippen LogP contribution is 2.33. The zero-order valence-electron chi connectivity index (χ0n) is 18.0. The molecule has 0 bridgehead atoms. The van der Waals surface area contributed by atoms with E-state index in [4.69, 9.17) is 9.47 Å². The van der Waals surface area contributed by atoms with Crippen LogP contribution >= 0.6 is 0 Å². The van der Waals surface area contributed by atoms with Gasteiger partial charge in [0.2, 0.25) is 5.91 Å². The molecule has 2 fully saturated rings. The Morgan fingerprint density at radius 3 is 2.94 bits per heavy atom. The zero-order valence-corrected chi connectivity index (χ0v) is 18.0. The summed E-state index contributed by atoms with van der Waals surface area (Å²) in [6.45, 7) is 3.73. The lowest BCUT2D eigenvalue weighted by atomic mass is 9.91. The summed E-state index contributed by atoms with van der Waals surface area (Å²) in [5.74, 6) is 0.0157. The summed E-state index contributed by atoms with van der Waals surface area (Å²) >= 11 is 0. The number of hydrogen-bond acceptors (Lipinski definition) is 7. The number of carbonyl (C=O) groups is 2. The van der Waals surface area contributed by atoms with E-state index in [1.807, 2.05) is 9.58 Å². The van der Waals surface area contributed by atoms with Crippen LogP contribution in [0.2, 0.25) is 0 Å². The Labute approximate surface area is 186 Å². The number of aromatic nitrogens is 4. The fraction of sp³-hybridized carbons (Fsp3) is 0.591. The third-order valence-electron chi connectivity index (χ3n) is 6.63. The van der Waals surface area contributed by atoms with E-state index in [1.165, 1.54) is 0 Å². The highest BCUT2D eigenvalue weighted by Gasteiger charge is 2.42. The van der Waals surface area contributed by atoms with E-state index in [9.17, 15) is 9.59 Å². The second-order valence-electron chi connectivity index (χ2n) is 8.79. The highest BCUT2D eigenvalue weighted by atomic mass is 16.5. The molecular weight excluding hydrogens is 412 g/mol. The van der Waals surface area contributed by atoms with Gasteiger partial charge in [0, 0.05) is 38.1 Å². The molecule has 0 aliphatic carbocycles. The van der Waals surface area contributed by atoms with Crippen LogP contribution in [0, 0.1) is 5.92 Å². The molecule has 10 heteroatoms. The van der Waals surface area contributed by atoms with E-state index in [1.54, 1.807) is 24.5 Å². The molecule has 1 atom stereocenters. The standard InChI is InChI=1S/C22H28N6O4/c29-20(16-4-9-31-10-5-16)24-12-18-19-13-32-22(15-28(19)26-25-18)6-2-8-27(14-22)21(30)17-3-1-7-23-11-17/h1,3,7,11,16H,2,4-6,8-10,12-15H2,(H,24,29). The molecule has 1 spiro atoms. The number of rotatable bonds is 4. The minimum absolute atomic E-state index is 0.000225. The molecule has 10 nitrogen and oxygen atoms in total. The second-order valence-corrected chi connectivity index (χ2v) is 8.79. The van der Waals surface area contributed by atoms with Crippen molar-refractivity contribution >= 4 is 11.8 Å². The summed E-state index contributed by atoms with van der Waals surface area (Å²) in [5.41, 5.74) is 1.74. The lowest BCUT2D eigenvalue weighted by Crippen LogP contribution is -2.55. The number of likely N-dealkylation sites (tertiary alicyclic amines) is 1. The van der Waals surface area contributed by atoms with Gasteiger partial charge in [-0.15, -0.1) is 5.10 Å². The van der Waals surface area contributed by atoms with Crippen LogP contribution in [-0.4, -0.2) is 68.6 Å². The molecule has 2 aromatic rings. The summed E-state index contributed by atoms with van der Waals surface area (Å²) in [5, 5.41) is 11.6. The summed E-state index contributed by atoms with van der Waals surface area (Å²) in [7, 11) is 0. The molecule has 0 aromatic carbocycles. The van der Waals surface area contributed by atoms with E-state index in [-0.39, 0.29) is 17.7 Å². The van der Waals surface area contributed by atoms with E-state index in [0.29, 0.717) is 51.6 Å². The molecule has 32 heavy (non-hydrogen) atoms. The van der Waals surface area contributed by atoms with Gasteiger partial charge in [-0.25, -0.2) is 4.68 Å². The normalized spacial score (nSPS) is 23.7. The van der Waals surface area contributed by atoms with E-state index >= 15 is 0 Å². The number of ether oxygens (including phenoxy) is 2. The quantitative estimate of drug-likeness (QED) is 0.753. The molecule has 1 N–H and O–H groups in total. The van der Waals surface area contributed by atoms with Gasteiger partial charge in [0.15, 0.2) is 0 Å². The molecule has 0 radical (unpaired) electrons. The van der Waals surface area contributed by atoms with Crippen LogP contribution in [0.15, 0.2) is 24.5 Å². The monoisotopic (exact) mass is 440 g/mol. The Morgan fingerprint density at radius 1 is 1.25 bits per heavy atom. The maximum Gasteiger partial charge on any atom is 0.255 e. The maximum atomic E-state index is 12.9. The first kappa shape index (κ1) is 21.0. The number of amides is 2. The number of hydrogen-bond donors (Lipinski definition) is 1. The smallest absolute Gasteiger partial charge is 0.255 e. The minimum atomic E-state index is -0.473. The molecule has 0 saturated carbocycles. The third kappa shape index (κ3) is 4.24. The van der Waals surface area contributed by atoms with Gasteiger partial charge in [-0.3, -0.25) is 14.6 Å². The number of piperidine rings is 1. The number of pyridine rings is 1. The van der Waals surface area contributed by atoms with E-state index < -0.39 is 5.60 Å². The number of nitrogens with one attached hydrogen (secondary N) is 1. The zero-order chi connectivity index (χ0) is 22.0. The molecule has 2 saturated heterocycles. The van der Waals surface area contributed by atoms with Gasteiger partial charge in [0.25, 0.3) is 5.91 Å². The molecule has 170 valence electrons. The van der Waals surface area contributed by atoms with Crippen molar-refractivity contribution in [3.05, 3.63) is 41.5 Å². The number of nitrogens with zero attached hydrogens (tertiary/aromatic N) is 5. The second kappa shape index (κ2) is 8.95. The highest BCUT2D eigenvalue weighted by molar-refractivity contribution is 5.94. The molecule has 2 amide bonds. The van der Waals surface area contributed by atoms with Crippen LogP contribution < -0.4 is 5.32 Å². The lowest BCUT2D eigenvalue weighted by molar-refractivity contribution is -0.128. The Kier molecular flexibility index (Phi) is 5.88. The fourth-order valence-electron chi connectivity index (χ4n) is 4.80. The van der Waals surface area contributed by atoms with Gasteiger partial charge in [-0.05, 0) is 37.8 Å². The van der Waals surface area contributed by atoms with Crippen LogP contribution in [0.1, 0.15) is 47.4 Å². The Balaban J connectivity index is 1.22. The van der Waals surface area contributed by atoms with E-state index in [2.05, 4.69) is 20.6 Å². The maximum absolute atomic E-state index is 12.9. The summed E-state index contributed by atoms with van der Waals surface area (Å²) < 4.78 is 13.5. The summed E-state index contributed by atoms with van der Waals surface area (Å²) in [4.78, 5) is 31.2. The molecule has 3 aliphatic heterocycles. The Morgan fingerprint density at radius 2 is 2.12 bits per heavy atom. The molecule has 3 aliphatic rings. The van der Waals surface area contributed by atoms with Crippen molar-refractivity contribution in [2.75, 3.05) is 26.3 Å². The summed E-state index contributed by atoms with van der Waals surface area (Å²) in [6, 6.07) is 3.56. The van der Waals surface area contributed by atoms with Gasteiger partial charge in [0.05, 0.1) is 37.5 Å². The van der Waals surface area contributed by atoms with Crippen LogP contribution in [0.5, 0.6) is 0 Å². The van der Waals surface area contributed by atoms with Crippen molar-refractivity contribution in [3.8, 4) is 0 Å². The minimum Gasteiger partial charge on any atom is -0.381 e. The van der Waals surface area contributed by atoms with Gasteiger partial charge >= 0.3 is 0 Å². The van der Waals surface area contributed by atoms with Gasteiger partial charge < -0.3 is 19.7 Å². The summed E-state index contributed by atoms with van der Waals surface area (Å²) in [6.07, 6.45) is 6.50. The third-order valence-corrected chi connectivity index (χ3v) is 6.63. The van der Waals surface area contributed by atoms with Crippen molar-refractivity contribution < 1.29 is 19.1 Å². The van der Waals surface area contributed by atoms with Crippen molar-refractivity contribution in [2.45, 2.75) is 51.0 Å². The predicted octanol–water partition coefficient (Wildman–Crippen LogP) is 0.921. The SMILES string of the molecule is O=C(NCc1nnn2c1COC1(CCCN(C(=O)c3cccnc3)C1)C2)C1CCOCC1. The van der Waals surface area contributed by atoms with Crippen LogP contribution in [0.25, 0.3) is 0 Å². The van der Waals surface area contributed by atoms with Gasteiger partial charge in [-0.1, -0.05) is 5.21 Å². The topological polar surface area (TPSA) is 111 Å². The largest absolute Gasteiger partial charge is 0.381 e. The molecule has 5 heterocycles. The number of carbonyl (C=O) groups excluding carboxylic acids is 2. The first-order chi connectivity index (χ1) is 15.6. The van der Waals surface area contributed by atoms with Crippen molar-refractivity contribution in [3.63, 3.8) is 0 Å². The Bertz CT molecular complexity index is 974. The number of fused-ring (bicyclic) bond motifs is 1. The van der Waals surface area contributed by atoms with Crippen molar-refractivity contribution in [1.82, 2.24) is 30.2 Å². The average Bonchev–Trinajstić information content (AvgIpc) is 3.24.